The number of ether oxygens (including phenoxy) is 1. The number of rotatable bonds is 12. The summed E-state index contributed by atoms with van der Waals surface area (Å²) in [7, 11) is 1.79. The summed E-state index contributed by atoms with van der Waals surface area (Å²) in [6.45, 7) is 13.2. The Morgan fingerprint density at radius 2 is 1.72 bits per heavy atom. The highest BCUT2D eigenvalue weighted by molar-refractivity contribution is 4.76. The largest absolute Gasteiger partial charge is 0.383 e. The van der Waals surface area contributed by atoms with Crippen molar-refractivity contribution in [1.82, 2.24) is 10.2 Å². The third kappa shape index (κ3) is 7.34. The highest BCUT2D eigenvalue weighted by atomic mass is 16.5. The van der Waals surface area contributed by atoms with Gasteiger partial charge in [-0.1, -0.05) is 27.7 Å². The van der Waals surface area contributed by atoms with Crippen molar-refractivity contribution in [2.45, 2.75) is 65.5 Å². The maximum absolute atomic E-state index is 5.25. The van der Waals surface area contributed by atoms with E-state index in [2.05, 4.69) is 37.9 Å². The molecule has 3 heteroatoms. The molecule has 0 aromatic carbocycles. The molecule has 1 unspecified atom stereocenters. The SMILES string of the molecule is CCCNC(CC)CN(CCOC)C(CC)CC. The molecule has 0 bridgehead atoms. The molecule has 110 valence electrons. The number of nitrogens with one attached hydrogen (secondary N) is 1. The Balaban J connectivity index is 4.33. The Labute approximate surface area is 114 Å². The monoisotopic (exact) mass is 258 g/mol. The van der Waals surface area contributed by atoms with E-state index in [4.69, 9.17) is 4.74 Å². The fraction of sp³-hybridized carbons (Fsp3) is 1.00. The van der Waals surface area contributed by atoms with E-state index in [0.29, 0.717) is 12.1 Å². The zero-order valence-electron chi connectivity index (χ0n) is 13.2. The minimum absolute atomic E-state index is 0.613. The molecule has 0 rings (SSSR count). The van der Waals surface area contributed by atoms with Crippen LogP contribution in [0.3, 0.4) is 0 Å². The summed E-state index contributed by atoms with van der Waals surface area (Å²) in [5, 5.41) is 3.65. The van der Waals surface area contributed by atoms with Crippen LogP contribution in [0.4, 0.5) is 0 Å². The van der Waals surface area contributed by atoms with Crippen molar-refractivity contribution >= 4 is 0 Å². The van der Waals surface area contributed by atoms with Crippen LogP contribution in [0.15, 0.2) is 0 Å². The minimum Gasteiger partial charge on any atom is -0.383 e. The average molecular weight is 258 g/mol. The second-order valence-corrected chi connectivity index (χ2v) is 5.02. The second-order valence-electron chi connectivity index (χ2n) is 5.02. The van der Waals surface area contributed by atoms with E-state index in [1.54, 1.807) is 7.11 Å². The lowest BCUT2D eigenvalue weighted by Gasteiger charge is -2.33. The number of methoxy groups -OCH3 is 1. The second kappa shape index (κ2) is 11.9. The molecular formula is C15H34N2O. The zero-order chi connectivity index (χ0) is 13.8. The topological polar surface area (TPSA) is 24.5 Å². The normalized spacial score (nSPS) is 13.5. The van der Waals surface area contributed by atoms with E-state index >= 15 is 0 Å². The van der Waals surface area contributed by atoms with Gasteiger partial charge in [0.15, 0.2) is 0 Å². The first-order valence-electron chi connectivity index (χ1n) is 7.69. The summed E-state index contributed by atoms with van der Waals surface area (Å²) in [6.07, 6.45) is 4.86. The standard InChI is InChI=1S/C15H34N2O/c1-6-10-16-14(7-2)13-17(11-12-18-5)15(8-3)9-4/h14-16H,6-13H2,1-5H3. The van der Waals surface area contributed by atoms with Crippen molar-refractivity contribution in [3.05, 3.63) is 0 Å². The summed E-state index contributed by atoms with van der Waals surface area (Å²) < 4.78 is 5.25. The first kappa shape index (κ1) is 17.9. The molecule has 0 saturated heterocycles. The van der Waals surface area contributed by atoms with Crippen molar-refractivity contribution in [2.24, 2.45) is 0 Å². The van der Waals surface area contributed by atoms with Gasteiger partial charge in [-0.25, -0.2) is 0 Å². The lowest BCUT2D eigenvalue weighted by Crippen LogP contribution is -2.46. The van der Waals surface area contributed by atoms with Crippen molar-refractivity contribution in [2.75, 3.05) is 33.4 Å². The fourth-order valence-electron chi connectivity index (χ4n) is 2.41. The van der Waals surface area contributed by atoms with Gasteiger partial charge in [-0.2, -0.15) is 0 Å². The van der Waals surface area contributed by atoms with Crippen LogP contribution in [0.25, 0.3) is 0 Å². The first-order chi connectivity index (χ1) is 8.73. The number of hydrogen-bond acceptors (Lipinski definition) is 3. The van der Waals surface area contributed by atoms with Crippen LogP contribution in [0, 0.1) is 0 Å². The summed E-state index contributed by atoms with van der Waals surface area (Å²) in [4.78, 5) is 2.60. The van der Waals surface area contributed by atoms with Crippen LogP contribution in [0.5, 0.6) is 0 Å². The van der Waals surface area contributed by atoms with Crippen molar-refractivity contribution in [3.8, 4) is 0 Å². The fourth-order valence-corrected chi connectivity index (χ4v) is 2.41. The van der Waals surface area contributed by atoms with E-state index in [-0.39, 0.29) is 0 Å². The molecule has 0 fully saturated rings. The smallest absolute Gasteiger partial charge is 0.0589 e. The molecular weight excluding hydrogens is 224 g/mol. The van der Waals surface area contributed by atoms with Crippen molar-refractivity contribution in [3.63, 3.8) is 0 Å². The first-order valence-corrected chi connectivity index (χ1v) is 7.69. The number of nitrogens with zero attached hydrogens (tertiary/aromatic N) is 1. The molecule has 3 nitrogen and oxygen atoms in total. The predicted molar refractivity (Wildman–Crippen MR) is 80.2 cm³/mol. The number of hydrogen-bond donors (Lipinski definition) is 1. The van der Waals surface area contributed by atoms with E-state index in [1.807, 2.05) is 0 Å². The van der Waals surface area contributed by atoms with Crippen LogP contribution in [0.2, 0.25) is 0 Å². The van der Waals surface area contributed by atoms with Gasteiger partial charge in [-0.05, 0) is 32.2 Å². The Bertz CT molecular complexity index is 172. The minimum atomic E-state index is 0.613. The van der Waals surface area contributed by atoms with Crippen molar-refractivity contribution < 1.29 is 4.74 Å². The van der Waals surface area contributed by atoms with Crippen LogP contribution in [0.1, 0.15) is 53.4 Å². The molecule has 0 aromatic rings. The Morgan fingerprint density at radius 3 is 2.17 bits per heavy atom. The highest BCUT2D eigenvalue weighted by Crippen LogP contribution is 2.10. The third-order valence-electron chi connectivity index (χ3n) is 3.67. The molecule has 0 saturated carbocycles. The van der Waals surface area contributed by atoms with Crippen molar-refractivity contribution in [1.29, 1.82) is 0 Å². The zero-order valence-corrected chi connectivity index (χ0v) is 13.2. The lowest BCUT2D eigenvalue weighted by molar-refractivity contribution is 0.106. The van der Waals surface area contributed by atoms with Gasteiger partial charge >= 0.3 is 0 Å². The van der Waals surface area contributed by atoms with Gasteiger partial charge < -0.3 is 10.1 Å². The van der Waals surface area contributed by atoms with Gasteiger partial charge in [-0.3, -0.25) is 4.90 Å². The molecule has 0 spiro atoms. The Morgan fingerprint density at radius 1 is 1.06 bits per heavy atom. The van der Waals surface area contributed by atoms with Gasteiger partial charge in [0, 0.05) is 32.3 Å². The predicted octanol–water partition coefficient (Wildman–Crippen LogP) is 2.90. The average Bonchev–Trinajstić information content (AvgIpc) is 2.41. The molecule has 0 heterocycles. The van der Waals surface area contributed by atoms with Crippen LogP contribution in [-0.2, 0) is 4.74 Å². The van der Waals surface area contributed by atoms with E-state index in [0.717, 1.165) is 26.2 Å². The van der Waals surface area contributed by atoms with Crippen LogP contribution >= 0.6 is 0 Å². The Hall–Kier alpha value is -0.120. The summed E-state index contributed by atoms with van der Waals surface area (Å²) in [6, 6.07) is 1.31. The third-order valence-corrected chi connectivity index (χ3v) is 3.67. The molecule has 1 atom stereocenters. The molecule has 0 aliphatic rings. The quantitative estimate of drug-likeness (QED) is 0.582. The summed E-state index contributed by atoms with van der Waals surface area (Å²) in [5.74, 6) is 0. The van der Waals surface area contributed by atoms with Gasteiger partial charge in [0.05, 0.1) is 6.61 Å². The summed E-state index contributed by atoms with van der Waals surface area (Å²) >= 11 is 0. The van der Waals surface area contributed by atoms with Crippen LogP contribution in [-0.4, -0.2) is 50.3 Å². The molecule has 0 aliphatic carbocycles. The van der Waals surface area contributed by atoms with Gasteiger partial charge in [0.2, 0.25) is 0 Å². The Kier molecular flexibility index (Phi) is 11.9. The molecule has 1 N–H and O–H groups in total. The van der Waals surface area contributed by atoms with Gasteiger partial charge in [0.1, 0.15) is 0 Å². The highest BCUT2D eigenvalue weighted by Gasteiger charge is 2.18. The molecule has 18 heavy (non-hydrogen) atoms. The van der Waals surface area contributed by atoms with E-state index < -0.39 is 0 Å². The molecule has 0 aromatic heterocycles. The maximum Gasteiger partial charge on any atom is 0.0589 e. The summed E-state index contributed by atoms with van der Waals surface area (Å²) in [5.41, 5.74) is 0. The molecule has 0 aliphatic heterocycles. The molecule has 0 radical (unpaired) electrons. The van der Waals surface area contributed by atoms with Gasteiger partial charge in [0.25, 0.3) is 0 Å². The van der Waals surface area contributed by atoms with E-state index in [9.17, 15) is 0 Å². The molecule has 0 amide bonds. The maximum atomic E-state index is 5.25. The lowest BCUT2D eigenvalue weighted by atomic mass is 10.1. The van der Waals surface area contributed by atoms with E-state index in [1.165, 1.54) is 25.7 Å². The van der Waals surface area contributed by atoms with Gasteiger partial charge in [-0.15, -0.1) is 0 Å². The van der Waals surface area contributed by atoms with Crippen LogP contribution < -0.4 is 5.32 Å².